The van der Waals surface area contributed by atoms with E-state index in [1.54, 1.807) is 0 Å². The summed E-state index contributed by atoms with van der Waals surface area (Å²) in [5, 5.41) is 9.25. The molecule has 0 aliphatic heterocycles. The first-order valence-corrected chi connectivity index (χ1v) is 7.78. The maximum atomic E-state index is 10.6. The molecule has 0 heterocycles. The number of benzene rings is 1. The average Bonchev–Trinajstić information content (AvgIpc) is 2.46. The van der Waals surface area contributed by atoms with Crippen molar-refractivity contribution in [3.05, 3.63) is 34.9 Å². The third-order valence-electron chi connectivity index (χ3n) is 4.33. The zero-order chi connectivity index (χ0) is 15.4. The third kappa shape index (κ3) is 4.24. The Bertz CT molecular complexity index is 534. The van der Waals surface area contributed by atoms with Gasteiger partial charge in [0.2, 0.25) is 0 Å². The van der Waals surface area contributed by atoms with Crippen LogP contribution in [0.5, 0.6) is 0 Å². The molecule has 1 aliphatic carbocycles. The van der Waals surface area contributed by atoms with Crippen molar-refractivity contribution in [2.24, 2.45) is 5.92 Å². The highest BCUT2D eigenvalue weighted by molar-refractivity contribution is 6.32. The number of rotatable bonds is 4. The first-order valence-electron chi connectivity index (χ1n) is 7.40. The van der Waals surface area contributed by atoms with E-state index in [9.17, 15) is 4.79 Å². The number of aliphatic carboxylic acids is 1. The summed E-state index contributed by atoms with van der Waals surface area (Å²) < 4.78 is 0. The molecule has 0 unspecified atom stereocenters. The predicted molar refractivity (Wildman–Crippen MR) is 87.9 cm³/mol. The molecule has 0 spiro atoms. The van der Waals surface area contributed by atoms with E-state index in [4.69, 9.17) is 16.7 Å². The molecule has 0 aromatic heterocycles. The third-order valence-corrected chi connectivity index (χ3v) is 4.66. The summed E-state index contributed by atoms with van der Waals surface area (Å²) in [5.74, 6) is -0.134. The van der Waals surface area contributed by atoms with Crippen LogP contribution in [0.1, 0.15) is 38.2 Å². The van der Waals surface area contributed by atoms with Crippen LogP contribution >= 0.6 is 11.6 Å². The van der Waals surface area contributed by atoms with Crippen LogP contribution < -0.4 is 4.90 Å². The lowest BCUT2D eigenvalue weighted by molar-refractivity contribution is -0.131. The van der Waals surface area contributed by atoms with Crippen LogP contribution in [0.15, 0.2) is 24.3 Å². The van der Waals surface area contributed by atoms with Gasteiger partial charge in [0.05, 0.1) is 0 Å². The fourth-order valence-electron chi connectivity index (χ4n) is 2.87. The van der Waals surface area contributed by atoms with E-state index in [2.05, 4.69) is 18.9 Å². The first-order chi connectivity index (χ1) is 9.97. The molecule has 1 aromatic rings. The highest BCUT2D eigenvalue weighted by Gasteiger charge is 2.22. The molecule has 0 bridgehead atoms. The van der Waals surface area contributed by atoms with Crippen molar-refractivity contribution in [2.75, 3.05) is 11.9 Å². The van der Waals surface area contributed by atoms with Gasteiger partial charge in [-0.05, 0) is 55.4 Å². The molecule has 0 atom stereocenters. The minimum absolute atomic E-state index is 0.567. The molecule has 4 heteroatoms. The Morgan fingerprint density at radius 3 is 2.57 bits per heavy atom. The second kappa shape index (κ2) is 6.99. The second-order valence-electron chi connectivity index (χ2n) is 5.90. The lowest BCUT2D eigenvalue weighted by atomic mass is 9.86. The van der Waals surface area contributed by atoms with Gasteiger partial charge in [0.1, 0.15) is 0 Å². The quantitative estimate of drug-likeness (QED) is 0.835. The molecular formula is C17H22ClNO2. The Morgan fingerprint density at radius 2 is 2.00 bits per heavy atom. The van der Waals surface area contributed by atoms with E-state index in [1.807, 2.05) is 18.2 Å². The Kier molecular flexibility index (Phi) is 5.29. The van der Waals surface area contributed by atoms with Crippen LogP contribution in [0.2, 0.25) is 5.02 Å². The number of carbonyl (C=O) groups is 1. The fraction of sp³-hybridized carbons (Fsp3) is 0.471. The Morgan fingerprint density at radius 1 is 1.33 bits per heavy atom. The SMILES string of the molecule is CC1CCC(N(C)c2ccc(/C=C/C(=O)O)c(Cl)c2)CC1. The summed E-state index contributed by atoms with van der Waals surface area (Å²) >= 11 is 6.25. The molecule has 114 valence electrons. The molecule has 1 fully saturated rings. The van der Waals surface area contributed by atoms with Crippen molar-refractivity contribution in [2.45, 2.75) is 38.6 Å². The maximum absolute atomic E-state index is 10.6. The molecule has 0 radical (unpaired) electrons. The van der Waals surface area contributed by atoms with Crippen LogP contribution in [-0.4, -0.2) is 24.2 Å². The Labute approximate surface area is 131 Å². The van der Waals surface area contributed by atoms with Gasteiger partial charge < -0.3 is 10.0 Å². The largest absolute Gasteiger partial charge is 0.478 e. The van der Waals surface area contributed by atoms with Crippen LogP contribution in [0.3, 0.4) is 0 Å². The van der Waals surface area contributed by atoms with Gasteiger partial charge in [-0.3, -0.25) is 0 Å². The topological polar surface area (TPSA) is 40.5 Å². The number of anilines is 1. The van der Waals surface area contributed by atoms with Gasteiger partial charge in [-0.15, -0.1) is 0 Å². The minimum atomic E-state index is -0.969. The monoisotopic (exact) mass is 307 g/mol. The first kappa shape index (κ1) is 15.9. The number of hydrogen-bond acceptors (Lipinski definition) is 2. The fourth-order valence-corrected chi connectivity index (χ4v) is 3.11. The van der Waals surface area contributed by atoms with Gasteiger partial charge >= 0.3 is 5.97 Å². The van der Waals surface area contributed by atoms with Crippen LogP contribution in [0.25, 0.3) is 6.08 Å². The van der Waals surface area contributed by atoms with Gasteiger partial charge in [0, 0.05) is 29.9 Å². The van der Waals surface area contributed by atoms with Crippen molar-refractivity contribution >= 4 is 29.3 Å². The van der Waals surface area contributed by atoms with E-state index >= 15 is 0 Å². The highest BCUT2D eigenvalue weighted by Crippen LogP contribution is 2.31. The molecule has 1 N–H and O–H groups in total. The van der Waals surface area contributed by atoms with Gasteiger partial charge in [-0.1, -0.05) is 24.6 Å². The van der Waals surface area contributed by atoms with E-state index in [-0.39, 0.29) is 0 Å². The van der Waals surface area contributed by atoms with Crippen LogP contribution in [-0.2, 0) is 4.79 Å². The van der Waals surface area contributed by atoms with Crippen LogP contribution in [0, 0.1) is 5.92 Å². The number of carboxylic acids is 1. The van der Waals surface area contributed by atoms with Crippen molar-refractivity contribution in [1.82, 2.24) is 0 Å². The Balaban J connectivity index is 2.10. The minimum Gasteiger partial charge on any atom is -0.478 e. The molecule has 2 rings (SSSR count). The molecule has 0 amide bonds. The van der Waals surface area contributed by atoms with Gasteiger partial charge in [0.15, 0.2) is 0 Å². The van der Waals surface area contributed by atoms with E-state index < -0.39 is 5.97 Å². The molecular weight excluding hydrogens is 286 g/mol. The zero-order valence-electron chi connectivity index (χ0n) is 12.6. The number of halogens is 1. The summed E-state index contributed by atoms with van der Waals surface area (Å²) in [6.07, 6.45) is 7.63. The van der Waals surface area contributed by atoms with E-state index in [1.165, 1.54) is 31.8 Å². The van der Waals surface area contributed by atoms with Crippen molar-refractivity contribution < 1.29 is 9.90 Å². The Hall–Kier alpha value is -1.48. The van der Waals surface area contributed by atoms with Crippen LogP contribution in [0.4, 0.5) is 5.69 Å². The second-order valence-corrected chi connectivity index (χ2v) is 6.31. The predicted octanol–water partition coefficient (Wildman–Crippen LogP) is 4.45. The van der Waals surface area contributed by atoms with Gasteiger partial charge in [0.25, 0.3) is 0 Å². The van der Waals surface area contributed by atoms with E-state index in [0.717, 1.165) is 23.2 Å². The normalized spacial score (nSPS) is 22.4. The molecule has 3 nitrogen and oxygen atoms in total. The van der Waals surface area contributed by atoms with E-state index in [0.29, 0.717) is 11.1 Å². The number of hydrogen-bond donors (Lipinski definition) is 1. The van der Waals surface area contributed by atoms with Crippen molar-refractivity contribution in [3.63, 3.8) is 0 Å². The molecule has 1 saturated carbocycles. The van der Waals surface area contributed by atoms with Gasteiger partial charge in [-0.25, -0.2) is 4.79 Å². The molecule has 1 aliphatic rings. The summed E-state index contributed by atoms with van der Waals surface area (Å²) in [5.41, 5.74) is 1.82. The summed E-state index contributed by atoms with van der Waals surface area (Å²) in [7, 11) is 2.11. The van der Waals surface area contributed by atoms with Crippen molar-refractivity contribution in [1.29, 1.82) is 0 Å². The smallest absolute Gasteiger partial charge is 0.328 e. The summed E-state index contributed by atoms with van der Waals surface area (Å²) in [6, 6.07) is 6.36. The molecule has 0 saturated heterocycles. The number of nitrogens with zero attached hydrogens (tertiary/aromatic N) is 1. The summed E-state index contributed by atoms with van der Waals surface area (Å²) in [6.45, 7) is 2.32. The highest BCUT2D eigenvalue weighted by atomic mass is 35.5. The zero-order valence-corrected chi connectivity index (χ0v) is 13.3. The molecule has 21 heavy (non-hydrogen) atoms. The van der Waals surface area contributed by atoms with Gasteiger partial charge in [-0.2, -0.15) is 0 Å². The molecule has 1 aromatic carbocycles. The standard InChI is InChI=1S/C17H22ClNO2/c1-12-3-7-14(8-4-12)19(2)15-9-5-13(16(18)11-15)6-10-17(20)21/h5-6,9-12,14H,3-4,7-8H2,1-2H3,(H,20,21)/b10-6+. The average molecular weight is 308 g/mol. The van der Waals surface area contributed by atoms with Crippen molar-refractivity contribution in [3.8, 4) is 0 Å². The number of carboxylic acid groups (broad SMARTS) is 1. The maximum Gasteiger partial charge on any atom is 0.328 e. The lowest BCUT2D eigenvalue weighted by Gasteiger charge is -2.35. The lowest BCUT2D eigenvalue weighted by Crippen LogP contribution is -2.34. The summed E-state index contributed by atoms with van der Waals surface area (Å²) in [4.78, 5) is 12.8.